The van der Waals surface area contributed by atoms with E-state index in [-0.39, 0.29) is 17.7 Å². The van der Waals surface area contributed by atoms with Crippen LogP contribution in [0.1, 0.15) is 63.9 Å². The van der Waals surface area contributed by atoms with Gasteiger partial charge in [-0.15, -0.1) is 0 Å². The highest BCUT2D eigenvalue weighted by atomic mass is 16.5. The molecule has 0 radical (unpaired) electrons. The van der Waals surface area contributed by atoms with Crippen molar-refractivity contribution in [2.75, 3.05) is 13.7 Å². The van der Waals surface area contributed by atoms with Crippen molar-refractivity contribution in [1.82, 2.24) is 0 Å². The van der Waals surface area contributed by atoms with E-state index >= 15 is 0 Å². The molecule has 1 unspecified atom stereocenters. The number of hydrogen-bond acceptors (Lipinski definition) is 5. The average molecular weight is 383 g/mol. The molecule has 1 aromatic rings. The van der Waals surface area contributed by atoms with E-state index in [0.29, 0.717) is 24.4 Å². The van der Waals surface area contributed by atoms with Crippen molar-refractivity contribution in [2.24, 2.45) is 10.9 Å². The Balaban J connectivity index is 1.99. The minimum atomic E-state index is -0.575. The van der Waals surface area contributed by atoms with Crippen LogP contribution in [0.5, 0.6) is 5.75 Å². The summed E-state index contributed by atoms with van der Waals surface area (Å²) in [6.07, 6.45) is 5.04. The first-order chi connectivity index (χ1) is 13.6. The molecule has 1 aromatic carbocycles. The van der Waals surface area contributed by atoms with Crippen molar-refractivity contribution in [3.05, 3.63) is 41.1 Å². The summed E-state index contributed by atoms with van der Waals surface area (Å²) in [4.78, 5) is 30.5. The number of unbranched alkanes of at least 4 members (excludes halogenated alkanes) is 2. The van der Waals surface area contributed by atoms with Crippen LogP contribution in [0.3, 0.4) is 0 Å². The van der Waals surface area contributed by atoms with Crippen LogP contribution in [0.25, 0.3) is 0 Å². The van der Waals surface area contributed by atoms with Gasteiger partial charge in [-0.25, -0.2) is 0 Å². The molecule has 0 spiro atoms. The Morgan fingerprint density at radius 3 is 2.82 bits per heavy atom. The summed E-state index contributed by atoms with van der Waals surface area (Å²) in [6.45, 7) is 4.39. The Morgan fingerprint density at radius 1 is 1.25 bits per heavy atom. The first-order valence-corrected chi connectivity index (χ1v) is 10.2. The fraction of sp³-hybridized carbons (Fsp3) is 0.522. The van der Waals surface area contributed by atoms with Crippen LogP contribution in [0.4, 0.5) is 0 Å². The number of aliphatic imine (C=N–C) groups is 1. The van der Waals surface area contributed by atoms with Gasteiger partial charge in [-0.2, -0.15) is 0 Å². The Kier molecular flexibility index (Phi) is 6.65. The predicted octanol–water partition coefficient (Wildman–Crippen LogP) is 4.61. The number of allylic oxidation sites excluding steroid dienone is 2. The molecule has 2 atom stereocenters. The standard InChI is InChI=1S/C23H29NO4/c1-4-5-6-13-28-23(26)20-15(2)24-18-11-8-12-19(25)22(18)21(20)16-9-7-10-17(14-16)27-3/h7,9-10,14,20-21H,4-6,8,11-13H2,1-3H3/t20?,21-/m0/s1. The molecule has 0 bridgehead atoms. The molecule has 150 valence electrons. The van der Waals surface area contributed by atoms with Crippen LogP contribution in [-0.2, 0) is 14.3 Å². The van der Waals surface area contributed by atoms with Gasteiger partial charge in [-0.05, 0) is 43.9 Å². The quantitative estimate of drug-likeness (QED) is 0.509. The number of carbonyl (C=O) groups is 2. The molecular weight excluding hydrogens is 354 g/mol. The lowest BCUT2D eigenvalue weighted by Crippen LogP contribution is -2.37. The smallest absolute Gasteiger partial charge is 0.315 e. The van der Waals surface area contributed by atoms with E-state index in [1.165, 1.54) is 0 Å². The zero-order valence-electron chi connectivity index (χ0n) is 17.0. The number of benzene rings is 1. The number of nitrogens with zero attached hydrogens (tertiary/aromatic N) is 1. The molecule has 5 nitrogen and oxygen atoms in total. The maximum absolute atomic E-state index is 13.0. The number of methoxy groups -OCH3 is 1. The Labute approximate surface area is 166 Å². The van der Waals surface area contributed by atoms with Crippen molar-refractivity contribution in [2.45, 2.75) is 58.3 Å². The lowest BCUT2D eigenvalue weighted by atomic mass is 9.72. The van der Waals surface area contributed by atoms with Crippen molar-refractivity contribution >= 4 is 17.5 Å². The van der Waals surface area contributed by atoms with Gasteiger partial charge >= 0.3 is 5.97 Å². The molecule has 0 N–H and O–H groups in total. The van der Waals surface area contributed by atoms with Crippen molar-refractivity contribution in [3.8, 4) is 5.75 Å². The molecule has 0 fully saturated rings. The fourth-order valence-corrected chi connectivity index (χ4v) is 4.12. The lowest BCUT2D eigenvalue weighted by Gasteiger charge is -2.34. The monoisotopic (exact) mass is 383 g/mol. The van der Waals surface area contributed by atoms with Gasteiger partial charge in [0, 0.05) is 29.3 Å². The molecule has 0 saturated heterocycles. The van der Waals surface area contributed by atoms with Gasteiger partial charge in [0.1, 0.15) is 11.7 Å². The summed E-state index contributed by atoms with van der Waals surface area (Å²) in [5, 5.41) is 0. The molecular formula is C23H29NO4. The Hall–Kier alpha value is -2.43. The van der Waals surface area contributed by atoms with Gasteiger partial charge in [0.05, 0.1) is 13.7 Å². The number of esters is 1. The van der Waals surface area contributed by atoms with Crippen LogP contribution in [0.2, 0.25) is 0 Å². The molecule has 1 aliphatic carbocycles. The van der Waals surface area contributed by atoms with Crippen molar-refractivity contribution in [3.63, 3.8) is 0 Å². The summed E-state index contributed by atoms with van der Waals surface area (Å²) in [5.41, 5.74) is 3.13. The maximum atomic E-state index is 13.0. The predicted molar refractivity (Wildman–Crippen MR) is 109 cm³/mol. The van der Waals surface area contributed by atoms with E-state index in [9.17, 15) is 9.59 Å². The molecule has 0 saturated carbocycles. The topological polar surface area (TPSA) is 65.0 Å². The zero-order valence-corrected chi connectivity index (χ0v) is 17.0. The molecule has 0 amide bonds. The first-order valence-electron chi connectivity index (χ1n) is 10.2. The second-order valence-corrected chi connectivity index (χ2v) is 7.50. The molecule has 0 aromatic heterocycles. The van der Waals surface area contributed by atoms with E-state index in [2.05, 4.69) is 11.9 Å². The van der Waals surface area contributed by atoms with Gasteiger partial charge in [0.25, 0.3) is 0 Å². The van der Waals surface area contributed by atoms with Crippen LogP contribution < -0.4 is 4.74 Å². The number of ether oxygens (including phenoxy) is 2. The summed E-state index contributed by atoms with van der Waals surface area (Å²) < 4.78 is 11.0. The van der Waals surface area contributed by atoms with E-state index < -0.39 is 5.92 Å². The van der Waals surface area contributed by atoms with Gasteiger partial charge in [0.15, 0.2) is 5.78 Å². The van der Waals surface area contributed by atoms with Gasteiger partial charge in [-0.3, -0.25) is 14.6 Å². The Bertz CT molecular complexity index is 809. The molecule has 28 heavy (non-hydrogen) atoms. The number of rotatable bonds is 7. The molecule has 1 heterocycles. The number of hydrogen-bond donors (Lipinski definition) is 0. The highest BCUT2D eigenvalue weighted by molar-refractivity contribution is 6.08. The third kappa shape index (κ3) is 4.18. The summed E-state index contributed by atoms with van der Waals surface area (Å²) >= 11 is 0. The SMILES string of the molecule is CCCCCOC(=O)C1C(C)=NC2=C(C(=O)CCC2)[C@H]1c1cccc(OC)c1. The van der Waals surface area contributed by atoms with E-state index in [4.69, 9.17) is 9.47 Å². The Morgan fingerprint density at radius 2 is 2.07 bits per heavy atom. The largest absolute Gasteiger partial charge is 0.497 e. The van der Waals surface area contributed by atoms with E-state index in [0.717, 1.165) is 49.1 Å². The van der Waals surface area contributed by atoms with Crippen LogP contribution in [0, 0.1) is 5.92 Å². The maximum Gasteiger partial charge on any atom is 0.315 e. The fourth-order valence-electron chi connectivity index (χ4n) is 4.12. The number of carbonyl (C=O) groups excluding carboxylic acids is 2. The van der Waals surface area contributed by atoms with Crippen LogP contribution >= 0.6 is 0 Å². The summed E-state index contributed by atoms with van der Waals surface area (Å²) in [5.74, 6) is -0.439. The minimum absolute atomic E-state index is 0.0918. The summed E-state index contributed by atoms with van der Waals surface area (Å²) in [6, 6.07) is 7.62. The normalized spacial score (nSPS) is 21.8. The van der Waals surface area contributed by atoms with Gasteiger partial charge in [-0.1, -0.05) is 31.9 Å². The van der Waals surface area contributed by atoms with Gasteiger partial charge < -0.3 is 9.47 Å². The average Bonchev–Trinajstić information content (AvgIpc) is 2.70. The van der Waals surface area contributed by atoms with E-state index in [1.807, 2.05) is 31.2 Å². The van der Waals surface area contributed by atoms with Crippen LogP contribution in [0.15, 0.2) is 40.5 Å². The molecule has 2 aliphatic rings. The molecule has 1 aliphatic heterocycles. The van der Waals surface area contributed by atoms with E-state index in [1.54, 1.807) is 7.11 Å². The third-order valence-electron chi connectivity index (χ3n) is 5.53. The highest BCUT2D eigenvalue weighted by Crippen LogP contribution is 2.44. The first kappa shape index (κ1) is 20.3. The van der Waals surface area contributed by atoms with Crippen LogP contribution in [-0.4, -0.2) is 31.2 Å². The second-order valence-electron chi connectivity index (χ2n) is 7.50. The second kappa shape index (κ2) is 9.18. The lowest BCUT2D eigenvalue weighted by molar-refractivity contribution is -0.146. The zero-order chi connectivity index (χ0) is 20.1. The third-order valence-corrected chi connectivity index (χ3v) is 5.53. The number of ketones is 1. The molecule has 3 rings (SSSR count). The summed E-state index contributed by atoms with van der Waals surface area (Å²) in [7, 11) is 1.61. The minimum Gasteiger partial charge on any atom is -0.497 e. The van der Waals surface area contributed by atoms with Crippen molar-refractivity contribution in [1.29, 1.82) is 0 Å². The molecule has 5 heteroatoms. The van der Waals surface area contributed by atoms with Crippen molar-refractivity contribution < 1.29 is 19.1 Å². The van der Waals surface area contributed by atoms with Gasteiger partial charge in [0.2, 0.25) is 0 Å². The number of Topliss-reactive ketones (excluding diaryl/α,β-unsaturated/α-hetero) is 1. The highest BCUT2D eigenvalue weighted by Gasteiger charge is 2.43.